The van der Waals surface area contributed by atoms with E-state index in [2.05, 4.69) is 0 Å². The Labute approximate surface area is 125 Å². The first kappa shape index (κ1) is 17.2. The van der Waals surface area contributed by atoms with Gasteiger partial charge in [0.2, 0.25) is 0 Å². The Morgan fingerprint density at radius 1 is 1.24 bits per heavy atom. The maximum atomic E-state index is 10.5. The highest BCUT2D eigenvalue weighted by atomic mass is 16.5. The second kappa shape index (κ2) is 9.96. The molecule has 0 unspecified atom stereocenters. The number of ether oxygens (including phenoxy) is 3. The van der Waals surface area contributed by atoms with E-state index in [0.29, 0.717) is 32.2 Å². The summed E-state index contributed by atoms with van der Waals surface area (Å²) in [6.45, 7) is 6.00. The average molecular weight is 294 g/mol. The first-order chi connectivity index (χ1) is 10.1. The summed E-state index contributed by atoms with van der Waals surface area (Å²) in [6, 6.07) is 7.22. The van der Waals surface area contributed by atoms with Crippen LogP contribution in [0.4, 0.5) is 0 Å². The van der Waals surface area contributed by atoms with Gasteiger partial charge in [-0.25, -0.2) is 4.79 Å². The Morgan fingerprint density at radius 2 is 2.00 bits per heavy atom. The largest absolute Gasteiger partial charge is 0.491 e. The van der Waals surface area contributed by atoms with E-state index < -0.39 is 5.97 Å². The molecule has 0 bridgehead atoms. The summed E-state index contributed by atoms with van der Waals surface area (Å²) in [4.78, 5) is 10.5. The summed E-state index contributed by atoms with van der Waals surface area (Å²) in [6.07, 6.45) is 2.83. The van der Waals surface area contributed by atoms with Gasteiger partial charge in [-0.3, -0.25) is 0 Å². The smallest absolute Gasteiger partial charge is 0.328 e. The summed E-state index contributed by atoms with van der Waals surface area (Å²) < 4.78 is 16.3. The van der Waals surface area contributed by atoms with Crippen molar-refractivity contribution in [3.05, 3.63) is 35.9 Å². The summed E-state index contributed by atoms with van der Waals surface area (Å²) in [5, 5.41) is 8.58. The lowest BCUT2D eigenvalue weighted by Gasteiger charge is -2.09. The van der Waals surface area contributed by atoms with Crippen LogP contribution in [0.3, 0.4) is 0 Å². The SMILES string of the molecule is CC(C)OCCOCCOc1cccc(C=CC(=O)O)c1. The number of aliphatic carboxylic acids is 1. The van der Waals surface area contributed by atoms with Gasteiger partial charge in [-0.2, -0.15) is 0 Å². The molecule has 0 saturated carbocycles. The Kier molecular flexibility index (Phi) is 8.16. The number of hydrogen-bond donors (Lipinski definition) is 1. The van der Waals surface area contributed by atoms with Crippen molar-refractivity contribution in [1.82, 2.24) is 0 Å². The molecule has 0 saturated heterocycles. The number of rotatable bonds is 10. The molecule has 0 heterocycles. The number of benzene rings is 1. The molecule has 0 aromatic heterocycles. The molecule has 0 spiro atoms. The van der Waals surface area contributed by atoms with Gasteiger partial charge >= 0.3 is 5.97 Å². The first-order valence-corrected chi connectivity index (χ1v) is 6.91. The third kappa shape index (κ3) is 8.83. The number of hydrogen-bond acceptors (Lipinski definition) is 4. The molecular formula is C16H22O5. The minimum Gasteiger partial charge on any atom is -0.491 e. The van der Waals surface area contributed by atoms with Gasteiger partial charge in [0.15, 0.2) is 0 Å². The summed E-state index contributed by atoms with van der Waals surface area (Å²) in [5.41, 5.74) is 0.779. The van der Waals surface area contributed by atoms with E-state index in [1.165, 1.54) is 6.08 Å². The Morgan fingerprint density at radius 3 is 2.71 bits per heavy atom. The molecule has 0 atom stereocenters. The van der Waals surface area contributed by atoms with Crippen LogP contribution in [-0.2, 0) is 14.3 Å². The van der Waals surface area contributed by atoms with E-state index in [1.807, 2.05) is 32.0 Å². The lowest BCUT2D eigenvalue weighted by Crippen LogP contribution is -2.13. The van der Waals surface area contributed by atoms with Crippen LogP contribution >= 0.6 is 0 Å². The van der Waals surface area contributed by atoms with E-state index in [9.17, 15) is 4.79 Å². The van der Waals surface area contributed by atoms with Gasteiger partial charge < -0.3 is 19.3 Å². The quantitative estimate of drug-likeness (QED) is 0.531. The topological polar surface area (TPSA) is 65.0 Å². The maximum Gasteiger partial charge on any atom is 0.328 e. The van der Waals surface area contributed by atoms with Crippen molar-refractivity contribution in [1.29, 1.82) is 0 Å². The highest BCUT2D eigenvalue weighted by Gasteiger charge is 1.97. The van der Waals surface area contributed by atoms with Crippen LogP contribution in [0.1, 0.15) is 19.4 Å². The van der Waals surface area contributed by atoms with Crippen molar-refractivity contribution < 1.29 is 24.1 Å². The van der Waals surface area contributed by atoms with Crippen LogP contribution in [0.15, 0.2) is 30.3 Å². The second-order valence-electron chi connectivity index (χ2n) is 4.62. The Bertz CT molecular complexity index is 454. The third-order valence-corrected chi connectivity index (χ3v) is 2.45. The summed E-state index contributed by atoms with van der Waals surface area (Å²) >= 11 is 0. The van der Waals surface area contributed by atoms with Crippen LogP contribution < -0.4 is 4.74 Å². The highest BCUT2D eigenvalue weighted by Crippen LogP contribution is 2.14. The van der Waals surface area contributed by atoms with Gasteiger partial charge in [0, 0.05) is 6.08 Å². The fraction of sp³-hybridized carbons (Fsp3) is 0.438. The van der Waals surface area contributed by atoms with Gasteiger partial charge in [0.1, 0.15) is 12.4 Å². The van der Waals surface area contributed by atoms with E-state index in [4.69, 9.17) is 19.3 Å². The van der Waals surface area contributed by atoms with Gasteiger partial charge in [-0.15, -0.1) is 0 Å². The molecule has 1 aromatic carbocycles. The van der Waals surface area contributed by atoms with Gasteiger partial charge in [-0.1, -0.05) is 12.1 Å². The molecule has 0 aliphatic rings. The normalized spacial score (nSPS) is 11.2. The molecule has 0 aliphatic heterocycles. The number of carboxylic acid groups (broad SMARTS) is 1. The summed E-state index contributed by atoms with van der Waals surface area (Å²) in [7, 11) is 0. The van der Waals surface area contributed by atoms with Gasteiger partial charge in [0.05, 0.1) is 25.9 Å². The molecule has 1 aromatic rings. The van der Waals surface area contributed by atoms with Crippen molar-refractivity contribution >= 4 is 12.0 Å². The van der Waals surface area contributed by atoms with Crippen LogP contribution in [0.25, 0.3) is 6.08 Å². The maximum absolute atomic E-state index is 10.5. The van der Waals surface area contributed by atoms with Crippen molar-refractivity contribution in [2.24, 2.45) is 0 Å². The molecule has 5 nitrogen and oxygen atoms in total. The van der Waals surface area contributed by atoms with E-state index >= 15 is 0 Å². The molecular weight excluding hydrogens is 272 g/mol. The van der Waals surface area contributed by atoms with Crippen LogP contribution in [0.2, 0.25) is 0 Å². The van der Waals surface area contributed by atoms with Crippen molar-refractivity contribution in [2.45, 2.75) is 20.0 Å². The van der Waals surface area contributed by atoms with Crippen LogP contribution in [0.5, 0.6) is 5.75 Å². The minimum atomic E-state index is -0.974. The lowest BCUT2D eigenvalue weighted by molar-refractivity contribution is -0.131. The predicted octanol–water partition coefficient (Wildman–Crippen LogP) is 2.60. The van der Waals surface area contributed by atoms with Crippen LogP contribution in [0, 0.1) is 0 Å². The molecule has 5 heteroatoms. The van der Waals surface area contributed by atoms with Crippen molar-refractivity contribution in [3.8, 4) is 5.75 Å². The van der Waals surface area contributed by atoms with Crippen molar-refractivity contribution in [3.63, 3.8) is 0 Å². The fourth-order valence-electron chi connectivity index (χ4n) is 1.54. The lowest BCUT2D eigenvalue weighted by atomic mass is 10.2. The molecule has 0 amide bonds. The highest BCUT2D eigenvalue weighted by molar-refractivity contribution is 5.85. The molecule has 116 valence electrons. The fourth-order valence-corrected chi connectivity index (χ4v) is 1.54. The molecule has 0 aliphatic carbocycles. The second-order valence-corrected chi connectivity index (χ2v) is 4.62. The Hall–Kier alpha value is -1.85. The molecule has 21 heavy (non-hydrogen) atoms. The minimum absolute atomic E-state index is 0.214. The average Bonchev–Trinajstić information content (AvgIpc) is 2.44. The molecule has 0 fully saturated rings. The number of carboxylic acids is 1. The van der Waals surface area contributed by atoms with Gasteiger partial charge in [0.25, 0.3) is 0 Å². The third-order valence-electron chi connectivity index (χ3n) is 2.45. The van der Waals surface area contributed by atoms with Crippen LogP contribution in [-0.4, -0.2) is 43.6 Å². The zero-order valence-corrected chi connectivity index (χ0v) is 12.5. The van der Waals surface area contributed by atoms with Gasteiger partial charge in [-0.05, 0) is 37.6 Å². The van der Waals surface area contributed by atoms with E-state index in [-0.39, 0.29) is 6.10 Å². The van der Waals surface area contributed by atoms with E-state index in [0.717, 1.165) is 11.6 Å². The zero-order chi connectivity index (χ0) is 15.5. The zero-order valence-electron chi connectivity index (χ0n) is 12.5. The van der Waals surface area contributed by atoms with Crippen molar-refractivity contribution in [2.75, 3.05) is 26.4 Å². The standard InChI is InChI=1S/C16H22O5/c1-13(2)20-10-8-19-9-11-21-15-5-3-4-14(12-15)6-7-16(17)18/h3-7,12-13H,8-11H2,1-2H3,(H,17,18). The Balaban J connectivity index is 2.23. The molecule has 0 radical (unpaired) electrons. The number of carbonyl (C=O) groups is 1. The predicted molar refractivity (Wildman–Crippen MR) is 80.5 cm³/mol. The van der Waals surface area contributed by atoms with E-state index in [1.54, 1.807) is 6.07 Å². The molecule has 1 rings (SSSR count). The summed E-state index contributed by atoms with van der Waals surface area (Å²) in [5.74, 6) is -0.289. The molecule has 1 N–H and O–H groups in total. The first-order valence-electron chi connectivity index (χ1n) is 6.91. The monoisotopic (exact) mass is 294 g/mol.